The summed E-state index contributed by atoms with van der Waals surface area (Å²) < 4.78 is 32.4. The van der Waals surface area contributed by atoms with Gasteiger partial charge in [-0.05, 0) is 64.2 Å². The van der Waals surface area contributed by atoms with Crippen molar-refractivity contribution in [1.29, 1.82) is 0 Å². The summed E-state index contributed by atoms with van der Waals surface area (Å²) in [5, 5.41) is 18.3. The van der Waals surface area contributed by atoms with Gasteiger partial charge in [-0.25, -0.2) is 4.57 Å². The highest BCUT2D eigenvalue weighted by molar-refractivity contribution is 7.47. The molecule has 0 radical (unpaired) electrons. The van der Waals surface area contributed by atoms with Crippen LogP contribution in [0.3, 0.4) is 0 Å². The Balaban J connectivity index is 4.62. The fourth-order valence-electron chi connectivity index (χ4n) is 3.94. The van der Waals surface area contributed by atoms with Crippen LogP contribution in [-0.2, 0) is 32.7 Å². The van der Waals surface area contributed by atoms with Crippen molar-refractivity contribution >= 4 is 19.8 Å². The minimum atomic E-state index is -4.65. The summed E-state index contributed by atoms with van der Waals surface area (Å²) in [7, 11) is -4.65. The molecule has 0 aromatic carbocycles. The summed E-state index contributed by atoms with van der Waals surface area (Å²) in [4.78, 5) is 34.8. The van der Waals surface area contributed by atoms with E-state index in [9.17, 15) is 24.2 Å². The van der Waals surface area contributed by atoms with E-state index in [2.05, 4.69) is 73.1 Å². The molecule has 0 fully saturated rings. The van der Waals surface area contributed by atoms with E-state index < -0.39 is 51.8 Å². The van der Waals surface area contributed by atoms with Crippen molar-refractivity contribution in [3.63, 3.8) is 0 Å². The summed E-state index contributed by atoms with van der Waals surface area (Å²) >= 11 is 0. The molecular weight excluding hydrogens is 695 g/mol. The number of allylic oxidation sites excluding steroid dienone is 20. The highest BCUT2D eigenvalue weighted by Crippen LogP contribution is 2.43. The quantitative estimate of drug-likeness (QED) is 0.0199. The number of aliphatic hydroxyl groups is 2. The number of carbonyl (C=O) groups is 2. The molecule has 0 aromatic rings. The maximum absolute atomic E-state index is 12.5. The minimum Gasteiger partial charge on any atom is -0.462 e. The number of rotatable bonds is 32. The number of ether oxygens (including phenoxy) is 2. The van der Waals surface area contributed by atoms with Gasteiger partial charge in [0.05, 0.1) is 19.8 Å². The van der Waals surface area contributed by atoms with Gasteiger partial charge >= 0.3 is 19.8 Å². The number of hydrogen-bond donors (Lipinski definition) is 3. The monoisotopic (exact) mass is 758 g/mol. The Bertz CT molecular complexity index is 1290. The number of carbonyl (C=O) groups excluding carboxylic acids is 2. The van der Waals surface area contributed by atoms with Crippen LogP contribution >= 0.6 is 7.82 Å². The summed E-state index contributed by atoms with van der Waals surface area (Å²) in [5.41, 5.74) is 0. The first kappa shape index (κ1) is 49.4. The standard InChI is InChI=1S/C42H63O10P/c1-3-5-7-9-11-13-15-17-18-19-20-22-23-25-27-29-31-33-41(45)49-37-40(38-51-53(47,48)50-36-39(44)35-43)52-42(46)34-32-30-28-26-24-21-16-14-12-10-8-6-4-2/h5-8,10-14,16-18,20-22,24-28,39-40,43-44H,3-4,9,15,19,23,29-38H2,1-2H3,(H,47,48)/b7-5+,8-6+,12-10+,13-11+,16-14+,18-17+,22-20+,24-21+,27-25+,28-26+/t39-,40?/m0/s1. The first-order valence-corrected chi connectivity index (χ1v) is 20.1. The molecule has 0 heterocycles. The number of hydrogen-bond acceptors (Lipinski definition) is 9. The van der Waals surface area contributed by atoms with Crippen LogP contribution in [0.15, 0.2) is 122 Å². The third-order valence-electron chi connectivity index (χ3n) is 6.74. The van der Waals surface area contributed by atoms with E-state index >= 15 is 0 Å². The van der Waals surface area contributed by atoms with Gasteiger partial charge in [-0.15, -0.1) is 0 Å². The Kier molecular flexibility index (Phi) is 34.2. The lowest BCUT2D eigenvalue weighted by Crippen LogP contribution is -2.29. The van der Waals surface area contributed by atoms with Crippen LogP contribution in [0.5, 0.6) is 0 Å². The zero-order valence-corrected chi connectivity index (χ0v) is 32.6. The third-order valence-corrected chi connectivity index (χ3v) is 7.69. The zero-order chi connectivity index (χ0) is 39.1. The first-order valence-electron chi connectivity index (χ1n) is 18.6. The maximum atomic E-state index is 12.5. The van der Waals surface area contributed by atoms with Crippen LogP contribution in [0.4, 0.5) is 0 Å². The second-order valence-corrected chi connectivity index (χ2v) is 13.1. The van der Waals surface area contributed by atoms with Crippen molar-refractivity contribution in [3.8, 4) is 0 Å². The van der Waals surface area contributed by atoms with Gasteiger partial charge in [-0.2, -0.15) is 0 Å². The summed E-state index contributed by atoms with van der Waals surface area (Å²) in [5.74, 6) is -1.10. The molecule has 0 bridgehead atoms. The molecular formula is C42H63O10P. The smallest absolute Gasteiger partial charge is 0.462 e. The third kappa shape index (κ3) is 36.5. The zero-order valence-electron chi connectivity index (χ0n) is 31.7. The van der Waals surface area contributed by atoms with E-state index in [4.69, 9.17) is 19.1 Å². The average Bonchev–Trinajstić information content (AvgIpc) is 3.14. The normalized spacial score (nSPS) is 15.3. The molecule has 296 valence electrons. The number of unbranched alkanes of at least 4 members (excludes halogenated alkanes) is 2. The molecule has 2 unspecified atom stereocenters. The summed E-state index contributed by atoms with van der Waals surface area (Å²) in [6.45, 7) is 1.91. The summed E-state index contributed by atoms with van der Waals surface area (Å²) in [6, 6.07) is 0. The molecule has 0 aliphatic heterocycles. The molecule has 3 N–H and O–H groups in total. The van der Waals surface area contributed by atoms with Crippen molar-refractivity contribution in [2.45, 2.75) is 103 Å². The SMILES string of the molecule is CC/C=C/C=C/C=C/C=C/C=C/CCCC(=O)OC(COC(=O)CCC/C=C/C/C=C/C/C=C/C/C=C/C/C=C/CC)COP(=O)(O)OC[C@@H](O)CO. The molecule has 0 amide bonds. The topological polar surface area (TPSA) is 149 Å². The fourth-order valence-corrected chi connectivity index (χ4v) is 4.73. The highest BCUT2D eigenvalue weighted by Gasteiger charge is 2.27. The molecule has 0 aliphatic carbocycles. The van der Waals surface area contributed by atoms with E-state index in [-0.39, 0.29) is 19.4 Å². The van der Waals surface area contributed by atoms with Crippen LogP contribution in [0, 0.1) is 0 Å². The molecule has 0 saturated heterocycles. The van der Waals surface area contributed by atoms with Crippen LogP contribution in [0.25, 0.3) is 0 Å². The predicted molar refractivity (Wildman–Crippen MR) is 214 cm³/mol. The number of phosphoric ester groups is 1. The van der Waals surface area contributed by atoms with Crippen LogP contribution < -0.4 is 0 Å². The van der Waals surface area contributed by atoms with Gasteiger partial charge in [-0.3, -0.25) is 18.6 Å². The lowest BCUT2D eigenvalue weighted by Gasteiger charge is -2.20. The lowest BCUT2D eigenvalue weighted by molar-refractivity contribution is -0.161. The van der Waals surface area contributed by atoms with Crippen molar-refractivity contribution in [1.82, 2.24) is 0 Å². The Morgan fingerprint density at radius 2 is 1.04 bits per heavy atom. The van der Waals surface area contributed by atoms with E-state index in [0.717, 1.165) is 38.5 Å². The van der Waals surface area contributed by atoms with Gasteiger partial charge < -0.3 is 24.6 Å². The first-order chi connectivity index (χ1) is 25.7. The van der Waals surface area contributed by atoms with Crippen LogP contribution in [0.1, 0.15) is 90.9 Å². The Morgan fingerprint density at radius 1 is 0.585 bits per heavy atom. The molecule has 0 spiro atoms. The van der Waals surface area contributed by atoms with Crippen LogP contribution in [0.2, 0.25) is 0 Å². The van der Waals surface area contributed by atoms with Gasteiger partial charge in [0.15, 0.2) is 6.10 Å². The Hall–Kier alpha value is -3.63. The van der Waals surface area contributed by atoms with Gasteiger partial charge in [0, 0.05) is 12.8 Å². The molecule has 0 saturated carbocycles. The Labute approximate surface area is 318 Å². The molecule has 3 atom stereocenters. The number of esters is 2. The molecule has 53 heavy (non-hydrogen) atoms. The highest BCUT2D eigenvalue weighted by atomic mass is 31.2. The average molecular weight is 759 g/mol. The number of phosphoric acid groups is 1. The van der Waals surface area contributed by atoms with Crippen molar-refractivity contribution < 1.29 is 47.8 Å². The molecule has 10 nitrogen and oxygen atoms in total. The second kappa shape index (κ2) is 36.7. The fraction of sp³-hybridized carbons (Fsp3) is 0.476. The lowest BCUT2D eigenvalue weighted by atomic mass is 10.2. The molecule has 0 aliphatic rings. The van der Waals surface area contributed by atoms with E-state index in [1.807, 2.05) is 66.8 Å². The van der Waals surface area contributed by atoms with Gasteiger partial charge in [-0.1, -0.05) is 135 Å². The molecule has 0 aromatic heterocycles. The minimum absolute atomic E-state index is 0.0672. The summed E-state index contributed by atoms with van der Waals surface area (Å²) in [6.07, 6.45) is 46.2. The van der Waals surface area contributed by atoms with Crippen molar-refractivity contribution in [2.75, 3.05) is 26.4 Å². The van der Waals surface area contributed by atoms with Crippen molar-refractivity contribution in [2.24, 2.45) is 0 Å². The Morgan fingerprint density at radius 3 is 1.58 bits per heavy atom. The van der Waals surface area contributed by atoms with E-state index in [1.165, 1.54) is 0 Å². The van der Waals surface area contributed by atoms with E-state index in [1.54, 1.807) is 0 Å². The van der Waals surface area contributed by atoms with Gasteiger partial charge in [0.1, 0.15) is 12.7 Å². The molecule has 0 rings (SSSR count). The van der Waals surface area contributed by atoms with Crippen molar-refractivity contribution in [3.05, 3.63) is 122 Å². The van der Waals surface area contributed by atoms with Crippen LogP contribution in [-0.4, -0.2) is 65.7 Å². The maximum Gasteiger partial charge on any atom is 0.472 e. The second-order valence-electron chi connectivity index (χ2n) is 11.6. The molecule has 11 heteroatoms. The van der Waals surface area contributed by atoms with Gasteiger partial charge in [0.25, 0.3) is 0 Å². The largest absolute Gasteiger partial charge is 0.472 e. The van der Waals surface area contributed by atoms with Gasteiger partial charge in [0.2, 0.25) is 0 Å². The van der Waals surface area contributed by atoms with E-state index in [0.29, 0.717) is 25.7 Å². The number of aliphatic hydroxyl groups excluding tert-OH is 2. The predicted octanol–water partition coefficient (Wildman–Crippen LogP) is 9.21.